The number of nitro groups is 1. The molecule has 0 bridgehead atoms. The molecule has 0 aliphatic carbocycles. The van der Waals surface area contributed by atoms with Gasteiger partial charge in [-0.25, -0.2) is 0 Å². The van der Waals surface area contributed by atoms with Crippen LogP contribution in [0, 0.1) is 28.9 Å². The minimum absolute atomic E-state index is 0.00548. The summed E-state index contributed by atoms with van der Waals surface area (Å²) in [5, 5.41) is 22.4. The minimum atomic E-state index is -0.968. The van der Waals surface area contributed by atoms with E-state index in [9.17, 15) is 19.7 Å². The molecule has 0 aromatic heterocycles. The van der Waals surface area contributed by atoms with Crippen molar-refractivity contribution in [1.82, 2.24) is 5.32 Å². The molecule has 0 radical (unpaired) electrons. The molecule has 1 aromatic rings. The van der Waals surface area contributed by atoms with E-state index in [1.54, 1.807) is 6.92 Å². The fourth-order valence-corrected chi connectivity index (χ4v) is 2.12. The summed E-state index contributed by atoms with van der Waals surface area (Å²) < 4.78 is 0. The SMILES string of the molecule is Cc1ccc([N+](=O)[O-])cc1C(=O)NCC(CC(C)C)C(=O)O. The van der Waals surface area contributed by atoms with E-state index in [0.29, 0.717) is 12.0 Å². The van der Waals surface area contributed by atoms with Gasteiger partial charge in [0.15, 0.2) is 0 Å². The molecular formula is C15H20N2O5. The second kappa shape index (κ2) is 7.53. The molecule has 0 spiro atoms. The van der Waals surface area contributed by atoms with E-state index >= 15 is 0 Å². The maximum absolute atomic E-state index is 12.1. The molecule has 0 heterocycles. The van der Waals surface area contributed by atoms with Crippen LogP contribution in [0.15, 0.2) is 18.2 Å². The number of carboxylic acid groups (broad SMARTS) is 1. The number of nitrogens with one attached hydrogen (secondary N) is 1. The Morgan fingerprint density at radius 2 is 2.00 bits per heavy atom. The lowest BCUT2D eigenvalue weighted by atomic mass is 9.97. The van der Waals surface area contributed by atoms with Crippen LogP contribution in [0.2, 0.25) is 0 Å². The Kier molecular flexibility index (Phi) is 6.03. The first-order chi connectivity index (χ1) is 10.2. The third-order valence-corrected chi connectivity index (χ3v) is 3.29. The summed E-state index contributed by atoms with van der Waals surface area (Å²) in [6, 6.07) is 4.02. The fourth-order valence-electron chi connectivity index (χ4n) is 2.12. The van der Waals surface area contributed by atoms with Gasteiger partial charge in [0, 0.05) is 24.2 Å². The Labute approximate surface area is 128 Å². The quantitative estimate of drug-likeness (QED) is 0.593. The van der Waals surface area contributed by atoms with Crippen LogP contribution >= 0.6 is 0 Å². The van der Waals surface area contributed by atoms with Gasteiger partial charge >= 0.3 is 5.97 Å². The zero-order chi connectivity index (χ0) is 16.9. The Morgan fingerprint density at radius 1 is 1.36 bits per heavy atom. The summed E-state index contributed by atoms with van der Waals surface area (Å²) in [7, 11) is 0. The van der Waals surface area contributed by atoms with Crippen LogP contribution in [0.3, 0.4) is 0 Å². The van der Waals surface area contributed by atoms with Crippen molar-refractivity contribution in [1.29, 1.82) is 0 Å². The lowest BCUT2D eigenvalue weighted by Crippen LogP contribution is -2.34. The lowest BCUT2D eigenvalue weighted by molar-refractivity contribution is -0.384. The molecule has 0 aliphatic heterocycles. The van der Waals surface area contributed by atoms with E-state index in [2.05, 4.69) is 5.32 Å². The highest BCUT2D eigenvalue weighted by Gasteiger charge is 2.21. The number of nitrogens with zero attached hydrogens (tertiary/aromatic N) is 1. The van der Waals surface area contributed by atoms with E-state index in [1.165, 1.54) is 18.2 Å². The molecule has 0 aliphatic rings. The van der Waals surface area contributed by atoms with Gasteiger partial charge < -0.3 is 10.4 Å². The van der Waals surface area contributed by atoms with Crippen molar-refractivity contribution in [2.24, 2.45) is 11.8 Å². The molecular weight excluding hydrogens is 288 g/mol. The summed E-state index contributed by atoms with van der Waals surface area (Å²) in [6.07, 6.45) is 0.448. The summed E-state index contributed by atoms with van der Waals surface area (Å²) >= 11 is 0. The molecule has 0 fully saturated rings. The molecule has 7 heteroatoms. The number of aliphatic carboxylic acids is 1. The van der Waals surface area contributed by atoms with Gasteiger partial charge in [0.25, 0.3) is 11.6 Å². The molecule has 22 heavy (non-hydrogen) atoms. The highest BCUT2D eigenvalue weighted by molar-refractivity contribution is 5.96. The Bertz CT molecular complexity index is 583. The van der Waals surface area contributed by atoms with Crippen molar-refractivity contribution < 1.29 is 19.6 Å². The number of nitro benzene ring substituents is 1. The number of amides is 1. The summed E-state index contributed by atoms with van der Waals surface area (Å²) in [5.74, 6) is -1.96. The molecule has 2 N–H and O–H groups in total. The van der Waals surface area contributed by atoms with Crippen LogP contribution in [0.1, 0.15) is 36.2 Å². The molecule has 120 valence electrons. The Balaban J connectivity index is 2.82. The molecule has 0 saturated carbocycles. The smallest absolute Gasteiger partial charge is 0.308 e. The average molecular weight is 308 g/mol. The van der Waals surface area contributed by atoms with E-state index in [-0.39, 0.29) is 23.7 Å². The first-order valence-electron chi connectivity index (χ1n) is 6.98. The van der Waals surface area contributed by atoms with Crippen molar-refractivity contribution in [3.8, 4) is 0 Å². The van der Waals surface area contributed by atoms with Gasteiger partial charge in [0.2, 0.25) is 0 Å². The first kappa shape index (κ1) is 17.6. The monoisotopic (exact) mass is 308 g/mol. The van der Waals surface area contributed by atoms with E-state index in [1.807, 2.05) is 13.8 Å². The molecule has 7 nitrogen and oxygen atoms in total. The van der Waals surface area contributed by atoms with Crippen molar-refractivity contribution in [3.63, 3.8) is 0 Å². The molecule has 0 saturated heterocycles. The van der Waals surface area contributed by atoms with Crippen LogP contribution in [-0.4, -0.2) is 28.5 Å². The number of carbonyl (C=O) groups excluding carboxylic acids is 1. The van der Waals surface area contributed by atoms with Gasteiger partial charge in [0.1, 0.15) is 0 Å². The number of hydrogen-bond acceptors (Lipinski definition) is 4. The highest BCUT2D eigenvalue weighted by atomic mass is 16.6. The number of carboxylic acids is 1. The minimum Gasteiger partial charge on any atom is -0.481 e. The molecule has 1 unspecified atom stereocenters. The summed E-state index contributed by atoms with van der Waals surface area (Å²) in [5.41, 5.74) is 0.606. The van der Waals surface area contributed by atoms with Gasteiger partial charge in [-0.15, -0.1) is 0 Å². The first-order valence-corrected chi connectivity index (χ1v) is 6.98. The number of carbonyl (C=O) groups is 2. The second-order valence-corrected chi connectivity index (χ2v) is 5.63. The number of rotatable bonds is 7. The highest BCUT2D eigenvalue weighted by Crippen LogP contribution is 2.17. The maximum atomic E-state index is 12.1. The van der Waals surface area contributed by atoms with Crippen LogP contribution in [0.4, 0.5) is 5.69 Å². The van der Waals surface area contributed by atoms with Gasteiger partial charge in [-0.3, -0.25) is 19.7 Å². The number of benzene rings is 1. The zero-order valence-corrected chi connectivity index (χ0v) is 12.8. The zero-order valence-electron chi connectivity index (χ0n) is 12.8. The third-order valence-electron chi connectivity index (χ3n) is 3.29. The van der Waals surface area contributed by atoms with Gasteiger partial charge in [-0.05, 0) is 24.8 Å². The fraction of sp³-hybridized carbons (Fsp3) is 0.467. The van der Waals surface area contributed by atoms with Crippen molar-refractivity contribution in [3.05, 3.63) is 39.4 Å². The lowest BCUT2D eigenvalue weighted by Gasteiger charge is -2.15. The standard InChI is InChI=1S/C15H20N2O5/c1-9(2)6-11(15(19)20)8-16-14(18)13-7-12(17(21)22)5-4-10(13)3/h4-5,7,9,11H,6,8H2,1-3H3,(H,16,18)(H,19,20). The summed E-state index contributed by atoms with van der Waals surface area (Å²) in [6.45, 7) is 5.47. The predicted molar refractivity (Wildman–Crippen MR) is 80.7 cm³/mol. The molecule has 1 rings (SSSR count). The third kappa shape index (κ3) is 4.83. The van der Waals surface area contributed by atoms with Gasteiger partial charge in [-0.2, -0.15) is 0 Å². The van der Waals surface area contributed by atoms with Crippen molar-refractivity contribution in [2.45, 2.75) is 27.2 Å². The van der Waals surface area contributed by atoms with E-state index in [0.717, 1.165) is 0 Å². The van der Waals surface area contributed by atoms with E-state index in [4.69, 9.17) is 5.11 Å². The summed E-state index contributed by atoms with van der Waals surface area (Å²) in [4.78, 5) is 33.5. The Hall–Kier alpha value is -2.44. The van der Waals surface area contributed by atoms with Crippen LogP contribution in [0.25, 0.3) is 0 Å². The number of hydrogen-bond donors (Lipinski definition) is 2. The van der Waals surface area contributed by atoms with Gasteiger partial charge in [-0.1, -0.05) is 19.9 Å². The molecule has 1 amide bonds. The van der Waals surface area contributed by atoms with Crippen LogP contribution < -0.4 is 5.32 Å². The largest absolute Gasteiger partial charge is 0.481 e. The van der Waals surface area contributed by atoms with Gasteiger partial charge in [0.05, 0.1) is 10.8 Å². The van der Waals surface area contributed by atoms with Crippen LogP contribution in [0.5, 0.6) is 0 Å². The van der Waals surface area contributed by atoms with Crippen molar-refractivity contribution in [2.75, 3.05) is 6.54 Å². The second-order valence-electron chi connectivity index (χ2n) is 5.63. The maximum Gasteiger partial charge on any atom is 0.308 e. The molecule has 1 atom stereocenters. The normalized spacial score (nSPS) is 12.0. The van der Waals surface area contributed by atoms with E-state index < -0.39 is 22.7 Å². The number of non-ortho nitro benzene ring substituents is 1. The topological polar surface area (TPSA) is 110 Å². The predicted octanol–water partition coefficient (Wildman–Crippen LogP) is 2.38. The Morgan fingerprint density at radius 3 is 2.50 bits per heavy atom. The molecule has 1 aromatic carbocycles. The van der Waals surface area contributed by atoms with Crippen LogP contribution in [-0.2, 0) is 4.79 Å². The van der Waals surface area contributed by atoms with Crippen molar-refractivity contribution >= 4 is 17.6 Å². The average Bonchev–Trinajstić information content (AvgIpc) is 2.42. The number of aryl methyl sites for hydroxylation is 1.